The van der Waals surface area contributed by atoms with Crippen LogP contribution in [0.15, 0.2) is 24.3 Å². The number of nitrogens with two attached hydrogens (primary N) is 1. The maximum Gasteiger partial charge on any atom is 0.215 e. The van der Waals surface area contributed by atoms with Crippen LogP contribution in [0.1, 0.15) is 17.5 Å². The summed E-state index contributed by atoms with van der Waals surface area (Å²) < 4.78 is 50.2. The van der Waals surface area contributed by atoms with Crippen molar-refractivity contribution < 1.29 is 16.8 Å². The van der Waals surface area contributed by atoms with E-state index in [0.29, 0.717) is 18.5 Å². The van der Waals surface area contributed by atoms with Gasteiger partial charge in [0.1, 0.15) is 0 Å². The smallest absolute Gasteiger partial charge is 0.215 e. The van der Waals surface area contributed by atoms with Crippen molar-refractivity contribution in [2.75, 3.05) is 19.3 Å². The Hall–Kier alpha value is -1.00. The highest BCUT2D eigenvalue weighted by atomic mass is 32.2. The zero-order chi connectivity index (χ0) is 15.9. The molecule has 0 unspecified atom stereocenters. The molecule has 0 radical (unpaired) electrons. The molecule has 0 aliphatic carbocycles. The third-order valence-electron chi connectivity index (χ3n) is 2.62. The second-order valence-corrected chi connectivity index (χ2v) is 8.34. The Labute approximate surface area is 126 Å². The number of hydrogen-bond donors (Lipinski definition) is 3. The van der Waals surface area contributed by atoms with Gasteiger partial charge in [-0.1, -0.05) is 24.3 Å². The van der Waals surface area contributed by atoms with Crippen LogP contribution in [-0.2, 0) is 32.3 Å². The summed E-state index contributed by atoms with van der Waals surface area (Å²) >= 11 is 0. The predicted molar refractivity (Wildman–Crippen MR) is 82.4 cm³/mol. The summed E-state index contributed by atoms with van der Waals surface area (Å²) in [5.41, 5.74) is 7.05. The van der Waals surface area contributed by atoms with E-state index in [0.717, 1.165) is 11.8 Å². The summed E-state index contributed by atoms with van der Waals surface area (Å²) in [5.74, 6) is -0.125. The lowest BCUT2D eigenvalue weighted by Crippen LogP contribution is -2.30. The van der Waals surface area contributed by atoms with Gasteiger partial charge >= 0.3 is 0 Å². The minimum atomic E-state index is -3.44. The first-order valence-electron chi connectivity index (χ1n) is 6.42. The molecule has 120 valence electrons. The largest absolute Gasteiger partial charge is 0.326 e. The molecule has 1 aromatic carbocycles. The highest BCUT2D eigenvalue weighted by molar-refractivity contribution is 7.89. The SMILES string of the molecule is CS(=O)(=O)NCCCNS(=O)(=O)Cc1cccc(CN)c1. The van der Waals surface area contributed by atoms with Gasteiger partial charge < -0.3 is 5.73 Å². The predicted octanol–water partition coefficient (Wildman–Crippen LogP) is -0.496. The molecular formula is C12H21N3O4S2. The Morgan fingerprint density at radius 2 is 1.67 bits per heavy atom. The Balaban J connectivity index is 2.43. The van der Waals surface area contributed by atoms with Crippen molar-refractivity contribution in [3.05, 3.63) is 35.4 Å². The van der Waals surface area contributed by atoms with E-state index >= 15 is 0 Å². The van der Waals surface area contributed by atoms with Gasteiger partial charge in [-0.15, -0.1) is 0 Å². The van der Waals surface area contributed by atoms with Gasteiger partial charge in [-0.3, -0.25) is 0 Å². The summed E-state index contributed by atoms with van der Waals surface area (Å²) in [6.45, 7) is 0.740. The quantitative estimate of drug-likeness (QED) is 0.526. The van der Waals surface area contributed by atoms with Crippen LogP contribution in [0.5, 0.6) is 0 Å². The summed E-state index contributed by atoms with van der Waals surface area (Å²) in [7, 11) is -6.68. The first-order chi connectivity index (χ1) is 9.72. The van der Waals surface area contributed by atoms with E-state index in [1.54, 1.807) is 18.2 Å². The third-order valence-corrected chi connectivity index (χ3v) is 4.71. The summed E-state index contributed by atoms with van der Waals surface area (Å²) in [5, 5.41) is 0. The standard InChI is InChI=1S/C12H21N3O4S2/c1-20(16,17)14-6-3-7-15-21(18,19)10-12-5-2-4-11(8-12)9-13/h2,4-5,8,14-15H,3,6-7,9-10,13H2,1H3. The molecule has 0 aromatic heterocycles. The van der Waals surface area contributed by atoms with Gasteiger partial charge in [-0.25, -0.2) is 26.3 Å². The fourth-order valence-electron chi connectivity index (χ4n) is 1.69. The molecule has 0 fully saturated rings. The molecule has 7 nitrogen and oxygen atoms in total. The maximum atomic E-state index is 11.9. The van der Waals surface area contributed by atoms with Crippen LogP contribution in [0, 0.1) is 0 Å². The molecule has 9 heteroatoms. The molecule has 0 bridgehead atoms. The first kappa shape index (κ1) is 18.1. The van der Waals surface area contributed by atoms with Gasteiger partial charge in [0.15, 0.2) is 0 Å². The molecule has 0 saturated heterocycles. The summed E-state index contributed by atoms with van der Waals surface area (Å²) in [6.07, 6.45) is 1.44. The molecule has 0 aliphatic rings. The van der Waals surface area contributed by atoms with Crippen LogP contribution in [0.3, 0.4) is 0 Å². The van der Waals surface area contributed by atoms with Crippen molar-refractivity contribution in [2.24, 2.45) is 5.73 Å². The van der Waals surface area contributed by atoms with Crippen molar-refractivity contribution in [1.29, 1.82) is 0 Å². The van der Waals surface area contributed by atoms with Crippen LogP contribution < -0.4 is 15.2 Å². The van der Waals surface area contributed by atoms with Gasteiger partial charge in [0.2, 0.25) is 20.0 Å². The minimum absolute atomic E-state index is 0.125. The van der Waals surface area contributed by atoms with Gasteiger partial charge in [-0.05, 0) is 17.5 Å². The Kier molecular flexibility index (Phi) is 6.75. The number of nitrogens with one attached hydrogen (secondary N) is 2. The molecular weight excluding hydrogens is 314 g/mol. The number of rotatable bonds is 9. The molecule has 0 saturated carbocycles. The summed E-state index contributed by atoms with van der Waals surface area (Å²) in [4.78, 5) is 0. The molecule has 4 N–H and O–H groups in total. The third kappa shape index (κ3) is 8.12. The lowest BCUT2D eigenvalue weighted by atomic mass is 10.1. The normalized spacial score (nSPS) is 12.5. The van der Waals surface area contributed by atoms with E-state index in [4.69, 9.17) is 5.73 Å². The lowest BCUT2D eigenvalue weighted by molar-refractivity contribution is 0.574. The van der Waals surface area contributed by atoms with Crippen molar-refractivity contribution in [2.45, 2.75) is 18.7 Å². The highest BCUT2D eigenvalue weighted by Crippen LogP contribution is 2.08. The van der Waals surface area contributed by atoms with E-state index in [2.05, 4.69) is 9.44 Å². The van der Waals surface area contributed by atoms with Gasteiger partial charge in [0, 0.05) is 19.6 Å². The Morgan fingerprint density at radius 1 is 1.05 bits per heavy atom. The van der Waals surface area contributed by atoms with Crippen molar-refractivity contribution >= 4 is 20.0 Å². The van der Waals surface area contributed by atoms with E-state index in [1.807, 2.05) is 6.07 Å². The molecule has 1 rings (SSSR count). The Bertz CT molecular complexity index is 657. The maximum absolute atomic E-state index is 11.9. The second-order valence-electron chi connectivity index (χ2n) is 4.70. The van der Waals surface area contributed by atoms with Gasteiger partial charge in [0.25, 0.3) is 0 Å². The van der Waals surface area contributed by atoms with Crippen LogP contribution in [0.4, 0.5) is 0 Å². The van der Waals surface area contributed by atoms with E-state index in [-0.39, 0.29) is 18.8 Å². The molecule has 0 spiro atoms. The van der Waals surface area contributed by atoms with E-state index in [9.17, 15) is 16.8 Å². The fraction of sp³-hybridized carbons (Fsp3) is 0.500. The van der Waals surface area contributed by atoms with Crippen molar-refractivity contribution in [3.63, 3.8) is 0 Å². The lowest BCUT2D eigenvalue weighted by Gasteiger charge is -2.08. The van der Waals surface area contributed by atoms with Crippen LogP contribution in [-0.4, -0.2) is 36.2 Å². The van der Waals surface area contributed by atoms with Crippen molar-refractivity contribution in [3.8, 4) is 0 Å². The average molecular weight is 335 g/mol. The number of hydrogen-bond acceptors (Lipinski definition) is 5. The molecule has 0 amide bonds. The zero-order valence-electron chi connectivity index (χ0n) is 11.9. The van der Waals surface area contributed by atoms with Crippen LogP contribution >= 0.6 is 0 Å². The molecule has 0 atom stereocenters. The van der Waals surface area contributed by atoms with Crippen LogP contribution in [0.2, 0.25) is 0 Å². The summed E-state index contributed by atoms with van der Waals surface area (Å²) in [6, 6.07) is 7.08. The van der Waals surface area contributed by atoms with E-state index < -0.39 is 20.0 Å². The fourth-order valence-corrected chi connectivity index (χ4v) is 3.38. The second kappa shape index (κ2) is 7.85. The topological polar surface area (TPSA) is 118 Å². The molecule has 1 aromatic rings. The van der Waals surface area contributed by atoms with Crippen LogP contribution in [0.25, 0.3) is 0 Å². The number of sulfonamides is 2. The Morgan fingerprint density at radius 3 is 2.29 bits per heavy atom. The van der Waals surface area contributed by atoms with Gasteiger partial charge in [-0.2, -0.15) is 0 Å². The van der Waals surface area contributed by atoms with Crippen molar-refractivity contribution in [1.82, 2.24) is 9.44 Å². The average Bonchev–Trinajstić information content (AvgIpc) is 2.36. The monoisotopic (exact) mass is 335 g/mol. The van der Waals surface area contributed by atoms with E-state index in [1.165, 1.54) is 0 Å². The molecule has 0 heterocycles. The molecule has 21 heavy (non-hydrogen) atoms. The number of benzene rings is 1. The highest BCUT2D eigenvalue weighted by Gasteiger charge is 2.11. The zero-order valence-corrected chi connectivity index (χ0v) is 13.5. The van der Waals surface area contributed by atoms with Gasteiger partial charge in [0.05, 0.1) is 12.0 Å². The minimum Gasteiger partial charge on any atom is -0.326 e. The molecule has 0 aliphatic heterocycles. The first-order valence-corrected chi connectivity index (χ1v) is 9.96.